The van der Waals surface area contributed by atoms with Gasteiger partial charge in [0.1, 0.15) is 0 Å². The molecule has 0 amide bonds. The van der Waals surface area contributed by atoms with Gasteiger partial charge in [0.05, 0.1) is 0 Å². The van der Waals surface area contributed by atoms with Crippen LogP contribution < -0.4 is 0 Å². The topological polar surface area (TPSA) is 18.5 Å². The van der Waals surface area contributed by atoms with Crippen LogP contribution in [0.25, 0.3) is 0 Å². The third-order valence-electron chi connectivity index (χ3n) is 1.48. The van der Waals surface area contributed by atoms with Gasteiger partial charge in [0.15, 0.2) is 0 Å². The molecule has 0 aromatic rings. The first-order chi connectivity index (χ1) is 5.49. The molecule has 0 radical (unpaired) electrons. The van der Waals surface area contributed by atoms with Gasteiger partial charge in [-0.1, -0.05) is 19.6 Å². The lowest BCUT2D eigenvalue weighted by molar-refractivity contribution is 0.217. The molecule has 0 spiro atoms. The van der Waals surface area contributed by atoms with E-state index in [2.05, 4.69) is 19.6 Å². The summed E-state index contributed by atoms with van der Waals surface area (Å²) in [5.41, 5.74) is 1.23. The summed E-state index contributed by atoms with van der Waals surface area (Å²) < 4.78 is 11.2. The van der Waals surface area contributed by atoms with Gasteiger partial charge in [-0.2, -0.15) is 0 Å². The maximum atomic E-state index is 5.61. The van der Waals surface area contributed by atoms with Crippen molar-refractivity contribution in [3.8, 4) is 0 Å². The fraction of sp³-hybridized carbons (Fsp3) is 1.00. The Kier molecular flexibility index (Phi) is 6.08. The zero-order chi connectivity index (χ0) is 9.61. The Balaban J connectivity index is 3.77. The number of rotatable bonds is 6. The smallest absolute Gasteiger partial charge is 0.318 e. The molecule has 0 saturated carbocycles. The van der Waals surface area contributed by atoms with Crippen molar-refractivity contribution < 1.29 is 8.85 Å². The van der Waals surface area contributed by atoms with Gasteiger partial charge in [-0.3, -0.25) is 0 Å². The first kappa shape index (κ1) is 12.4. The zero-order valence-electron chi connectivity index (χ0n) is 9.02. The predicted molar refractivity (Wildman–Crippen MR) is 58.6 cm³/mol. The Morgan fingerprint density at radius 2 is 1.42 bits per heavy atom. The quantitative estimate of drug-likeness (QED) is 0.620. The molecule has 0 aliphatic rings. The lowest BCUT2D eigenvalue weighted by atomic mass is 10.9. The van der Waals surface area contributed by atoms with Crippen LogP contribution in [0.5, 0.6) is 0 Å². The molecule has 0 saturated heterocycles. The minimum Gasteiger partial charge on any atom is -0.397 e. The molecule has 0 aromatic heterocycles. The highest BCUT2D eigenvalue weighted by atomic mass is 28.4. The van der Waals surface area contributed by atoms with Gasteiger partial charge in [0.25, 0.3) is 0 Å². The van der Waals surface area contributed by atoms with Crippen LogP contribution in [0.15, 0.2) is 0 Å². The van der Waals surface area contributed by atoms with Crippen molar-refractivity contribution in [2.24, 2.45) is 0 Å². The lowest BCUT2D eigenvalue weighted by Crippen LogP contribution is -2.34. The van der Waals surface area contributed by atoms with Gasteiger partial charge in [0.2, 0.25) is 0 Å². The summed E-state index contributed by atoms with van der Waals surface area (Å²) in [6.07, 6.45) is 0. The van der Waals surface area contributed by atoms with Crippen LogP contribution in [0.3, 0.4) is 0 Å². The van der Waals surface area contributed by atoms with Gasteiger partial charge in [0, 0.05) is 21.3 Å². The Bertz CT molecular complexity index is 106. The molecular weight excluding hydrogens is 184 g/mol. The molecule has 2 nitrogen and oxygen atoms in total. The monoisotopic (exact) mass is 206 g/mol. The molecule has 12 heavy (non-hydrogen) atoms. The van der Waals surface area contributed by atoms with Crippen molar-refractivity contribution in [2.75, 3.05) is 13.2 Å². The summed E-state index contributed by atoms with van der Waals surface area (Å²) >= 11 is 0. The first-order valence-corrected chi connectivity index (χ1v) is 10.2. The third kappa shape index (κ3) is 7.03. The van der Waals surface area contributed by atoms with E-state index in [-0.39, 0.29) is 0 Å². The van der Waals surface area contributed by atoms with Crippen molar-refractivity contribution in [1.82, 2.24) is 0 Å². The highest BCUT2D eigenvalue weighted by Crippen LogP contribution is 2.12. The van der Waals surface area contributed by atoms with Crippen LogP contribution in [0.2, 0.25) is 25.3 Å². The predicted octanol–water partition coefficient (Wildman–Crippen LogP) is 2.16. The van der Waals surface area contributed by atoms with Crippen LogP contribution in [-0.4, -0.2) is 30.6 Å². The third-order valence-corrected chi connectivity index (χ3v) is 9.13. The normalized spacial score (nSPS) is 12.5. The molecule has 0 aliphatic carbocycles. The summed E-state index contributed by atoms with van der Waals surface area (Å²) in [7, 11) is -2.28. The van der Waals surface area contributed by atoms with Crippen molar-refractivity contribution in [1.29, 1.82) is 0 Å². The number of hydrogen-bond acceptors (Lipinski definition) is 2. The van der Waals surface area contributed by atoms with Crippen LogP contribution in [-0.2, 0) is 8.85 Å². The highest BCUT2D eigenvalue weighted by Gasteiger charge is 2.23. The summed E-state index contributed by atoms with van der Waals surface area (Å²) in [4.78, 5) is 0. The first-order valence-electron chi connectivity index (χ1n) is 4.72. The van der Waals surface area contributed by atoms with E-state index >= 15 is 0 Å². The second-order valence-electron chi connectivity index (χ2n) is 4.11. The zero-order valence-corrected chi connectivity index (χ0v) is 11.2. The molecule has 0 atom stereocenters. The van der Waals surface area contributed by atoms with Gasteiger partial charge in [-0.05, 0) is 19.5 Å². The summed E-state index contributed by atoms with van der Waals surface area (Å²) in [5.74, 6) is 0. The SMILES string of the molecule is CCO[SiH](C[Si](C)(C)C)OCC. The molecule has 0 aromatic carbocycles. The van der Waals surface area contributed by atoms with E-state index in [1.807, 2.05) is 13.8 Å². The summed E-state index contributed by atoms with van der Waals surface area (Å²) in [6.45, 7) is 12.8. The van der Waals surface area contributed by atoms with Gasteiger partial charge < -0.3 is 8.85 Å². The van der Waals surface area contributed by atoms with Crippen molar-refractivity contribution in [2.45, 2.75) is 39.2 Å². The molecule has 0 unspecified atom stereocenters. The Morgan fingerprint density at radius 1 is 1.00 bits per heavy atom. The van der Waals surface area contributed by atoms with Gasteiger partial charge in [-0.25, -0.2) is 0 Å². The summed E-state index contributed by atoms with van der Waals surface area (Å²) in [6, 6.07) is 0. The fourth-order valence-electron chi connectivity index (χ4n) is 1.04. The van der Waals surface area contributed by atoms with E-state index < -0.39 is 17.4 Å². The van der Waals surface area contributed by atoms with E-state index in [4.69, 9.17) is 8.85 Å². The molecule has 0 rings (SSSR count). The Labute approximate surface area is 79.1 Å². The largest absolute Gasteiger partial charge is 0.397 e. The molecule has 74 valence electrons. The van der Waals surface area contributed by atoms with Crippen molar-refractivity contribution >= 4 is 17.4 Å². The number of hydrogen-bond donors (Lipinski definition) is 0. The minimum absolute atomic E-state index is 0.807. The lowest BCUT2D eigenvalue weighted by Gasteiger charge is -2.22. The van der Waals surface area contributed by atoms with Gasteiger partial charge in [-0.15, -0.1) is 0 Å². The van der Waals surface area contributed by atoms with Gasteiger partial charge >= 0.3 is 9.28 Å². The van der Waals surface area contributed by atoms with E-state index in [1.165, 1.54) is 5.67 Å². The fourth-order valence-corrected chi connectivity index (χ4v) is 6.82. The van der Waals surface area contributed by atoms with Crippen LogP contribution >= 0.6 is 0 Å². The molecule has 0 heterocycles. The molecule has 4 heteroatoms. The van der Waals surface area contributed by atoms with Crippen LogP contribution in [0, 0.1) is 0 Å². The molecule has 0 N–H and O–H groups in total. The van der Waals surface area contributed by atoms with E-state index in [0.717, 1.165) is 13.2 Å². The maximum Gasteiger partial charge on any atom is 0.318 e. The molecule has 0 fully saturated rings. The second kappa shape index (κ2) is 5.91. The maximum absolute atomic E-state index is 5.61. The van der Waals surface area contributed by atoms with E-state index in [0.29, 0.717) is 0 Å². The molecule has 0 aliphatic heterocycles. The Morgan fingerprint density at radius 3 is 1.67 bits per heavy atom. The summed E-state index contributed by atoms with van der Waals surface area (Å²) in [5, 5.41) is 0. The minimum atomic E-state index is -1.30. The average molecular weight is 206 g/mol. The highest BCUT2D eigenvalue weighted by molar-refractivity contribution is 6.84. The van der Waals surface area contributed by atoms with Crippen LogP contribution in [0.1, 0.15) is 13.8 Å². The molecule has 0 bridgehead atoms. The van der Waals surface area contributed by atoms with Crippen molar-refractivity contribution in [3.05, 3.63) is 0 Å². The van der Waals surface area contributed by atoms with Crippen LogP contribution in [0.4, 0.5) is 0 Å². The second-order valence-corrected chi connectivity index (χ2v) is 12.4. The van der Waals surface area contributed by atoms with E-state index in [9.17, 15) is 0 Å². The van der Waals surface area contributed by atoms with Crippen molar-refractivity contribution in [3.63, 3.8) is 0 Å². The average Bonchev–Trinajstić information content (AvgIpc) is 1.84. The standard InChI is InChI=1S/C8H22O2Si2/c1-6-9-11(10-7-2)8-12(3,4)5/h11H,6-8H2,1-5H3. The Hall–Kier alpha value is 0.354. The van der Waals surface area contributed by atoms with E-state index in [1.54, 1.807) is 0 Å². The molecular formula is C8H22O2Si2.